The number of amides is 1. The van der Waals surface area contributed by atoms with Gasteiger partial charge in [-0.3, -0.25) is 4.79 Å². The Bertz CT molecular complexity index is 1100. The molecule has 0 unspecified atom stereocenters. The van der Waals surface area contributed by atoms with E-state index < -0.39 is 0 Å². The fourth-order valence-electron chi connectivity index (χ4n) is 3.95. The first-order valence-electron chi connectivity index (χ1n) is 11.0. The van der Waals surface area contributed by atoms with Crippen molar-refractivity contribution in [3.8, 4) is 5.75 Å². The molecule has 0 bridgehead atoms. The van der Waals surface area contributed by atoms with Crippen molar-refractivity contribution in [3.05, 3.63) is 65.9 Å². The predicted octanol–water partition coefficient (Wildman–Crippen LogP) is 4.16. The maximum Gasteiger partial charge on any atom is 0.234 e. The normalized spacial score (nSPS) is 13.7. The standard InChI is InChI=1S/C25H29N5O2S/c1-18-13-19(2)15-20(14-18)27-24(31)17-33-25-26-8-7-23(28-25)30-11-9-29(10-12-30)21-5-4-6-22(16-21)32-3/h4-8,13-16H,9-12,17H2,1-3H3,(H,27,31). The Balaban J connectivity index is 1.31. The molecule has 172 valence electrons. The van der Waals surface area contributed by atoms with Crippen LogP contribution in [0.4, 0.5) is 17.2 Å². The van der Waals surface area contributed by atoms with E-state index in [1.807, 2.05) is 44.2 Å². The average molecular weight is 464 g/mol. The van der Waals surface area contributed by atoms with Gasteiger partial charge in [0.2, 0.25) is 5.91 Å². The Morgan fingerprint density at radius 1 is 1.03 bits per heavy atom. The molecule has 1 aliphatic rings. The van der Waals surface area contributed by atoms with Gasteiger partial charge in [0, 0.05) is 49.8 Å². The van der Waals surface area contributed by atoms with Gasteiger partial charge < -0.3 is 19.9 Å². The van der Waals surface area contributed by atoms with Crippen molar-refractivity contribution in [2.24, 2.45) is 0 Å². The fraction of sp³-hybridized carbons (Fsp3) is 0.320. The molecule has 0 spiro atoms. The molecule has 1 amide bonds. The van der Waals surface area contributed by atoms with Crippen molar-refractivity contribution < 1.29 is 9.53 Å². The lowest BCUT2D eigenvalue weighted by atomic mass is 10.1. The monoisotopic (exact) mass is 463 g/mol. The summed E-state index contributed by atoms with van der Waals surface area (Å²) in [6.45, 7) is 7.58. The van der Waals surface area contributed by atoms with Gasteiger partial charge in [-0.1, -0.05) is 23.9 Å². The molecule has 2 aromatic carbocycles. The molecule has 33 heavy (non-hydrogen) atoms. The van der Waals surface area contributed by atoms with E-state index in [-0.39, 0.29) is 11.7 Å². The molecule has 1 saturated heterocycles. The molecule has 4 rings (SSSR count). The number of hydrogen-bond donors (Lipinski definition) is 1. The number of piperazine rings is 1. The molecule has 1 N–H and O–H groups in total. The summed E-state index contributed by atoms with van der Waals surface area (Å²) in [5, 5.41) is 3.57. The number of carbonyl (C=O) groups excluding carboxylic acids is 1. The molecule has 0 aliphatic carbocycles. The van der Waals surface area contributed by atoms with E-state index in [9.17, 15) is 4.79 Å². The number of rotatable bonds is 7. The molecule has 2 heterocycles. The summed E-state index contributed by atoms with van der Waals surface area (Å²) in [5.74, 6) is 1.97. The third-order valence-electron chi connectivity index (χ3n) is 5.48. The molecular weight excluding hydrogens is 434 g/mol. The van der Waals surface area contributed by atoms with Gasteiger partial charge in [0.25, 0.3) is 0 Å². The second-order valence-corrected chi connectivity index (χ2v) is 9.03. The Kier molecular flexibility index (Phi) is 7.34. The first-order chi connectivity index (χ1) is 16.0. The fourth-order valence-corrected chi connectivity index (χ4v) is 4.58. The number of anilines is 3. The quantitative estimate of drug-likeness (QED) is 0.417. The second-order valence-electron chi connectivity index (χ2n) is 8.09. The van der Waals surface area contributed by atoms with Crippen molar-refractivity contribution in [2.75, 3.05) is 54.2 Å². The predicted molar refractivity (Wildman–Crippen MR) is 135 cm³/mol. The summed E-state index contributed by atoms with van der Waals surface area (Å²) in [6, 6.07) is 16.1. The first-order valence-corrected chi connectivity index (χ1v) is 12.0. The molecule has 8 heteroatoms. The summed E-state index contributed by atoms with van der Waals surface area (Å²) in [7, 11) is 1.69. The van der Waals surface area contributed by atoms with Crippen molar-refractivity contribution in [3.63, 3.8) is 0 Å². The zero-order chi connectivity index (χ0) is 23.2. The summed E-state index contributed by atoms with van der Waals surface area (Å²) in [4.78, 5) is 26.0. The Morgan fingerprint density at radius 3 is 2.48 bits per heavy atom. The molecule has 7 nitrogen and oxygen atoms in total. The van der Waals surface area contributed by atoms with Gasteiger partial charge in [0.1, 0.15) is 11.6 Å². The number of methoxy groups -OCH3 is 1. The van der Waals surface area contributed by atoms with Gasteiger partial charge in [0.15, 0.2) is 5.16 Å². The maximum atomic E-state index is 12.4. The number of aryl methyl sites for hydroxylation is 2. The zero-order valence-electron chi connectivity index (χ0n) is 19.2. The highest BCUT2D eigenvalue weighted by molar-refractivity contribution is 7.99. The number of benzene rings is 2. The number of nitrogens with zero attached hydrogens (tertiary/aromatic N) is 4. The summed E-state index contributed by atoms with van der Waals surface area (Å²) < 4.78 is 5.35. The van der Waals surface area contributed by atoms with Crippen LogP contribution in [-0.2, 0) is 4.79 Å². The SMILES string of the molecule is COc1cccc(N2CCN(c3ccnc(SCC(=O)Nc4cc(C)cc(C)c4)n3)CC2)c1. The lowest BCUT2D eigenvalue weighted by molar-refractivity contribution is -0.113. The van der Waals surface area contributed by atoms with Crippen molar-refractivity contribution in [2.45, 2.75) is 19.0 Å². The van der Waals surface area contributed by atoms with Gasteiger partial charge >= 0.3 is 0 Å². The molecule has 0 atom stereocenters. The van der Waals surface area contributed by atoms with Gasteiger partial charge in [-0.05, 0) is 55.3 Å². The van der Waals surface area contributed by atoms with E-state index in [4.69, 9.17) is 4.74 Å². The molecule has 1 aromatic heterocycles. The van der Waals surface area contributed by atoms with Crippen LogP contribution in [0.5, 0.6) is 5.75 Å². The van der Waals surface area contributed by atoms with E-state index >= 15 is 0 Å². The lowest BCUT2D eigenvalue weighted by Gasteiger charge is -2.36. The van der Waals surface area contributed by atoms with E-state index in [0.717, 1.165) is 54.6 Å². The third kappa shape index (κ3) is 6.16. The highest BCUT2D eigenvalue weighted by atomic mass is 32.2. The highest BCUT2D eigenvalue weighted by Crippen LogP contribution is 2.24. The molecule has 0 radical (unpaired) electrons. The van der Waals surface area contributed by atoms with Crippen molar-refractivity contribution >= 4 is 34.9 Å². The van der Waals surface area contributed by atoms with Crippen LogP contribution < -0.4 is 19.9 Å². The minimum Gasteiger partial charge on any atom is -0.497 e. The zero-order valence-corrected chi connectivity index (χ0v) is 20.1. The number of nitrogens with one attached hydrogen (secondary N) is 1. The number of ether oxygens (including phenoxy) is 1. The number of aromatic nitrogens is 2. The Morgan fingerprint density at radius 2 is 1.76 bits per heavy atom. The minimum absolute atomic E-state index is 0.0640. The largest absolute Gasteiger partial charge is 0.497 e. The summed E-state index contributed by atoms with van der Waals surface area (Å²) in [5.41, 5.74) is 4.24. The minimum atomic E-state index is -0.0640. The van der Waals surface area contributed by atoms with Crippen molar-refractivity contribution in [1.82, 2.24) is 9.97 Å². The van der Waals surface area contributed by atoms with Gasteiger partial charge in [0.05, 0.1) is 12.9 Å². The van der Waals surface area contributed by atoms with Crippen LogP contribution in [0.25, 0.3) is 0 Å². The Hall–Kier alpha value is -3.26. The highest BCUT2D eigenvalue weighted by Gasteiger charge is 2.19. The molecule has 1 fully saturated rings. The van der Waals surface area contributed by atoms with Gasteiger partial charge in [-0.25, -0.2) is 9.97 Å². The van der Waals surface area contributed by atoms with Crippen LogP contribution >= 0.6 is 11.8 Å². The van der Waals surface area contributed by atoms with Crippen LogP contribution in [0, 0.1) is 13.8 Å². The topological polar surface area (TPSA) is 70.6 Å². The van der Waals surface area contributed by atoms with Crippen LogP contribution in [0.15, 0.2) is 59.9 Å². The number of hydrogen-bond acceptors (Lipinski definition) is 7. The molecule has 3 aromatic rings. The summed E-state index contributed by atoms with van der Waals surface area (Å²) >= 11 is 1.35. The smallest absolute Gasteiger partial charge is 0.234 e. The first kappa shape index (κ1) is 22.9. The molecular formula is C25H29N5O2S. The number of carbonyl (C=O) groups is 1. The van der Waals surface area contributed by atoms with Crippen LogP contribution in [0.1, 0.15) is 11.1 Å². The van der Waals surface area contributed by atoms with Crippen LogP contribution in [0.3, 0.4) is 0 Å². The van der Waals surface area contributed by atoms with E-state index in [1.54, 1.807) is 13.3 Å². The lowest BCUT2D eigenvalue weighted by Crippen LogP contribution is -2.46. The third-order valence-corrected chi connectivity index (χ3v) is 6.34. The molecule has 0 saturated carbocycles. The van der Waals surface area contributed by atoms with E-state index in [1.165, 1.54) is 17.4 Å². The second kappa shape index (κ2) is 10.6. The number of thioether (sulfide) groups is 1. The van der Waals surface area contributed by atoms with Crippen molar-refractivity contribution in [1.29, 1.82) is 0 Å². The van der Waals surface area contributed by atoms with E-state index in [0.29, 0.717) is 5.16 Å². The van der Waals surface area contributed by atoms with E-state index in [2.05, 4.69) is 43.3 Å². The van der Waals surface area contributed by atoms with Crippen LogP contribution in [0.2, 0.25) is 0 Å². The molecule has 1 aliphatic heterocycles. The van der Waals surface area contributed by atoms with Crippen LogP contribution in [-0.4, -0.2) is 54.9 Å². The van der Waals surface area contributed by atoms with Gasteiger partial charge in [-0.15, -0.1) is 0 Å². The average Bonchev–Trinajstić information content (AvgIpc) is 2.82. The maximum absolute atomic E-state index is 12.4. The van der Waals surface area contributed by atoms with Gasteiger partial charge in [-0.2, -0.15) is 0 Å². The summed E-state index contributed by atoms with van der Waals surface area (Å²) in [6.07, 6.45) is 1.76. The Labute approximate surface area is 199 Å².